The lowest BCUT2D eigenvalue weighted by Crippen LogP contribution is -2.13. The maximum Gasteiger partial charge on any atom is 0.145 e. The average Bonchev–Trinajstić information content (AvgIpc) is 2.21. The lowest BCUT2D eigenvalue weighted by atomic mass is 10.3. The van der Waals surface area contributed by atoms with Crippen LogP contribution in [0.3, 0.4) is 0 Å². The number of nitrogens with zero attached hydrogens (tertiary/aromatic N) is 2. The summed E-state index contributed by atoms with van der Waals surface area (Å²) in [6, 6.07) is 10.7. The van der Waals surface area contributed by atoms with E-state index in [9.17, 15) is 0 Å². The number of hydrogen-bond acceptors (Lipinski definition) is 3. The Kier molecular flexibility index (Phi) is 3.27. The molecule has 0 aliphatic carbocycles. The van der Waals surface area contributed by atoms with Crippen molar-refractivity contribution < 1.29 is 5.11 Å². The molecule has 4 nitrogen and oxygen atoms in total. The van der Waals surface area contributed by atoms with Gasteiger partial charge in [0.15, 0.2) is 0 Å². The van der Waals surface area contributed by atoms with Gasteiger partial charge in [0.25, 0.3) is 0 Å². The van der Waals surface area contributed by atoms with Crippen molar-refractivity contribution in [3.05, 3.63) is 42.2 Å². The summed E-state index contributed by atoms with van der Waals surface area (Å²) in [5.74, 6) is 0.00111. The fourth-order valence-electron chi connectivity index (χ4n) is 0.854. The normalized spacial score (nSPS) is 12.2. The molecule has 0 spiro atoms. The Morgan fingerprint density at radius 3 is 2.57 bits per heavy atom. The first-order chi connectivity index (χ1) is 6.77. The van der Waals surface area contributed by atoms with Crippen molar-refractivity contribution in [1.82, 2.24) is 0 Å². The molecule has 1 aromatic carbocycles. The van der Waals surface area contributed by atoms with Crippen LogP contribution in [0.4, 0.5) is 5.69 Å². The summed E-state index contributed by atoms with van der Waals surface area (Å²) < 4.78 is 0. The third-order valence-corrected chi connectivity index (χ3v) is 1.53. The predicted molar refractivity (Wildman–Crippen MR) is 54.0 cm³/mol. The number of rotatable bonds is 2. The van der Waals surface area contributed by atoms with Crippen LogP contribution in [0.1, 0.15) is 0 Å². The lowest BCUT2D eigenvalue weighted by molar-refractivity contribution is 0.472. The van der Waals surface area contributed by atoms with E-state index < -0.39 is 0 Å². The van der Waals surface area contributed by atoms with E-state index in [1.807, 2.05) is 6.07 Å². The van der Waals surface area contributed by atoms with E-state index in [2.05, 4.69) is 4.99 Å². The van der Waals surface area contributed by atoms with Gasteiger partial charge >= 0.3 is 0 Å². The molecule has 3 N–H and O–H groups in total. The molecule has 1 aromatic rings. The van der Waals surface area contributed by atoms with Gasteiger partial charge in [0.05, 0.1) is 5.69 Å². The fourth-order valence-corrected chi connectivity index (χ4v) is 0.854. The van der Waals surface area contributed by atoms with E-state index in [-0.39, 0.29) is 11.4 Å². The van der Waals surface area contributed by atoms with Crippen LogP contribution in [0.5, 0.6) is 0 Å². The Hall–Kier alpha value is -2.28. The lowest BCUT2D eigenvalue weighted by Gasteiger charge is -1.96. The summed E-state index contributed by atoms with van der Waals surface area (Å²) in [4.78, 5) is 3.94. The summed E-state index contributed by atoms with van der Waals surface area (Å²) >= 11 is 0. The second kappa shape index (κ2) is 4.67. The average molecular weight is 187 g/mol. The molecule has 0 unspecified atom stereocenters. The third kappa shape index (κ3) is 2.35. The summed E-state index contributed by atoms with van der Waals surface area (Å²) in [5, 5.41) is 17.2. The van der Waals surface area contributed by atoms with Gasteiger partial charge in [0.2, 0.25) is 0 Å². The van der Waals surface area contributed by atoms with Gasteiger partial charge in [-0.15, -0.1) is 0 Å². The Morgan fingerprint density at radius 1 is 1.43 bits per heavy atom. The molecule has 0 saturated carbocycles. The number of aliphatic imine (C=N–C) groups is 1. The summed E-state index contributed by atoms with van der Waals surface area (Å²) in [6.45, 7) is 0. The first-order valence-electron chi connectivity index (χ1n) is 3.92. The van der Waals surface area contributed by atoms with Gasteiger partial charge in [-0.05, 0) is 12.1 Å². The molecule has 0 atom stereocenters. The number of benzene rings is 1. The second-order valence-electron chi connectivity index (χ2n) is 2.49. The van der Waals surface area contributed by atoms with Gasteiger partial charge in [0.1, 0.15) is 23.7 Å². The highest BCUT2D eigenvalue weighted by Crippen LogP contribution is 2.10. The van der Waals surface area contributed by atoms with Crippen LogP contribution in [0.25, 0.3) is 0 Å². The molecular weight excluding hydrogens is 178 g/mol. The molecule has 0 fully saturated rings. The van der Waals surface area contributed by atoms with Crippen LogP contribution in [0.2, 0.25) is 0 Å². The highest BCUT2D eigenvalue weighted by molar-refractivity contribution is 6.01. The van der Waals surface area contributed by atoms with Crippen LogP contribution < -0.4 is 5.73 Å². The molecule has 0 bridgehead atoms. The van der Waals surface area contributed by atoms with Crippen molar-refractivity contribution in [1.29, 1.82) is 5.26 Å². The predicted octanol–water partition coefficient (Wildman–Crippen LogP) is 1.64. The summed E-state index contributed by atoms with van der Waals surface area (Å²) in [5.41, 5.74) is 6.06. The van der Waals surface area contributed by atoms with E-state index in [1.54, 1.807) is 30.3 Å². The van der Waals surface area contributed by atoms with E-state index in [4.69, 9.17) is 16.1 Å². The molecule has 0 saturated heterocycles. The largest absolute Gasteiger partial charge is 0.514 e. The van der Waals surface area contributed by atoms with Gasteiger partial charge < -0.3 is 10.8 Å². The molecule has 0 aliphatic heterocycles. The van der Waals surface area contributed by atoms with Gasteiger partial charge in [-0.2, -0.15) is 5.26 Å². The van der Waals surface area contributed by atoms with Crippen LogP contribution in [0, 0.1) is 11.3 Å². The first kappa shape index (κ1) is 9.81. The Labute approximate surface area is 81.6 Å². The minimum Gasteiger partial charge on any atom is -0.514 e. The van der Waals surface area contributed by atoms with Crippen LogP contribution in [-0.2, 0) is 0 Å². The van der Waals surface area contributed by atoms with E-state index in [0.29, 0.717) is 11.9 Å². The summed E-state index contributed by atoms with van der Waals surface area (Å²) in [7, 11) is 0. The minimum absolute atomic E-state index is 0.00111. The molecule has 1 rings (SSSR count). The van der Waals surface area contributed by atoms with Crippen LogP contribution >= 0.6 is 0 Å². The molecule has 0 heterocycles. The van der Waals surface area contributed by atoms with Crippen molar-refractivity contribution in [3.8, 4) is 6.07 Å². The second-order valence-corrected chi connectivity index (χ2v) is 2.49. The topological polar surface area (TPSA) is 82.4 Å². The summed E-state index contributed by atoms with van der Waals surface area (Å²) in [6.07, 6.45) is 0.641. The van der Waals surface area contributed by atoms with E-state index in [1.165, 1.54) is 0 Å². The molecular formula is C10H9N3O. The SMILES string of the molecule is N#C/C(=C/O)C(N)=Nc1ccccc1. The molecule has 0 radical (unpaired) electrons. The Bertz CT molecular complexity index is 401. The number of aliphatic hydroxyl groups excluding tert-OH is 1. The Balaban J connectivity index is 2.96. The quantitative estimate of drug-likeness (QED) is 0.319. The van der Waals surface area contributed by atoms with Crippen LogP contribution in [0.15, 0.2) is 47.2 Å². The standard InChI is InChI=1S/C10H9N3O/c11-6-8(7-14)10(12)13-9-4-2-1-3-5-9/h1-5,7,14H,(H2,12,13)/b8-7-. The van der Waals surface area contributed by atoms with Gasteiger partial charge in [-0.25, -0.2) is 4.99 Å². The van der Waals surface area contributed by atoms with Crippen LogP contribution in [-0.4, -0.2) is 10.9 Å². The zero-order valence-corrected chi connectivity index (χ0v) is 7.38. The van der Waals surface area contributed by atoms with Gasteiger partial charge in [-0.3, -0.25) is 0 Å². The highest BCUT2D eigenvalue weighted by Gasteiger charge is 2.00. The zero-order chi connectivity index (χ0) is 10.4. The van der Waals surface area contributed by atoms with Crippen molar-refractivity contribution in [2.45, 2.75) is 0 Å². The molecule has 0 aromatic heterocycles. The molecule has 4 heteroatoms. The zero-order valence-electron chi connectivity index (χ0n) is 7.38. The highest BCUT2D eigenvalue weighted by atomic mass is 16.2. The van der Waals surface area contributed by atoms with Gasteiger partial charge in [0, 0.05) is 0 Å². The number of nitriles is 1. The number of para-hydroxylation sites is 1. The first-order valence-corrected chi connectivity index (χ1v) is 3.92. The maximum atomic E-state index is 8.63. The van der Waals surface area contributed by atoms with E-state index in [0.717, 1.165) is 0 Å². The van der Waals surface area contributed by atoms with E-state index >= 15 is 0 Å². The number of hydrogen-bond donors (Lipinski definition) is 2. The minimum atomic E-state index is -0.0474. The van der Waals surface area contributed by atoms with Crippen molar-refractivity contribution >= 4 is 11.5 Å². The fraction of sp³-hybridized carbons (Fsp3) is 0. The smallest absolute Gasteiger partial charge is 0.145 e. The van der Waals surface area contributed by atoms with Crippen molar-refractivity contribution in [2.24, 2.45) is 10.7 Å². The molecule has 0 amide bonds. The number of amidine groups is 1. The maximum absolute atomic E-state index is 8.63. The monoisotopic (exact) mass is 187 g/mol. The van der Waals surface area contributed by atoms with Gasteiger partial charge in [-0.1, -0.05) is 18.2 Å². The van der Waals surface area contributed by atoms with Crippen molar-refractivity contribution in [3.63, 3.8) is 0 Å². The number of nitrogens with two attached hydrogens (primary N) is 1. The molecule has 14 heavy (non-hydrogen) atoms. The van der Waals surface area contributed by atoms with Crippen molar-refractivity contribution in [2.75, 3.05) is 0 Å². The Morgan fingerprint density at radius 2 is 2.07 bits per heavy atom. The molecule has 0 aliphatic rings. The number of aliphatic hydroxyl groups is 1. The third-order valence-electron chi connectivity index (χ3n) is 1.53. The molecule has 70 valence electrons.